The van der Waals surface area contributed by atoms with Gasteiger partial charge in [0.25, 0.3) is 0 Å². The summed E-state index contributed by atoms with van der Waals surface area (Å²) >= 11 is 0. The molecule has 0 fully saturated rings. The SMILES string of the molecule is Cc1cc(CCc2ccc(CS(=O)(=O)C(C)C)cc2)ccc1C(F)(F)F. The van der Waals surface area contributed by atoms with Crippen LogP contribution in [0.3, 0.4) is 0 Å². The van der Waals surface area contributed by atoms with Crippen LogP contribution in [-0.2, 0) is 34.6 Å². The van der Waals surface area contributed by atoms with Crippen LogP contribution in [-0.4, -0.2) is 13.7 Å². The van der Waals surface area contributed by atoms with Crippen LogP contribution in [0.15, 0.2) is 42.5 Å². The molecule has 0 N–H and O–H groups in total. The highest BCUT2D eigenvalue weighted by Crippen LogP contribution is 2.32. The van der Waals surface area contributed by atoms with Gasteiger partial charge in [0.2, 0.25) is 0 Å². The fourth-order valence-corrected chi connectivity index (χ4v) is 3.68. The van der Waals surface area contributed by atoms with Gasteiger partial charge in [-0.05, 0) is 61.9 Å². The molecular formula is C20H23F3O2S. The van der Waals surface area contributed by atoms with Crippen molar-refractivity contribution in [3.63, 3.8) is 0 Å². The van der Waals surface area contributed by atoms with Crippen LogP contribution in [0, 0.1) is 6.92 Å². The summed E-state index contributed by atoms with van der Waals surface area (Å²) in [6, 6.07) is 11.6. The summed E-state index contributed by atoms with van der Waals surface area (Å²) in [5.41, 5.74) is 2.24. The van der Waals surface area contributed by atoms with Crippen molar-refractivity contribution in [3.05, 3.63) is 70.3 Å². The van der Waals surface area contributed by atoms with E-state index in [0.717, 1.165) is 22.8 Å². The normalized spacial score (nSPS) is 12.6. The number of hydrogen-bond donors (Lipinski definition) is 0. The average Bonchev–Trinajstić information content (AvgIpc) is 2.52. The first kappa shape index (κ1) is 20.5. The lowest BCUT2D eigenvalue weighted by Crippen LogP contribution is -2.15. The summed E-state index contributed by atoms with van der Waals surface area (Å²) in [7, 11) is -3.13. The third-order valence-corrected chi connectivity index (χ3v) is 6.58. The molecule has 0 heterocycles. The third-order valence-electron chi connectivity index (χ3n) is 4.41. The molecule has 0 aliphatic heterocycles. The molecule has 0 atom stereocenters. The summed E-state index contributed by atoms with van der Waals surface area (Å²) in [5, 5.41) is -0.412. The Bertz CT molecular complexity index is 852. The molecule has 0 spiro atoms. The minimum absolute atomic E-state index is 0.0169. The Balaban J connectivity index is 2.01. The molecule has 2 rings (SSSR count). The van der Waals surface area contributed by atoms with Crippen molar-refractivity contribution >= 4 is 9.84 Å². The van der Waals surface area contributed by atoms with Crippen LogP contribution in [0.4, 0.5) is 13.2 Å². The van der Waals surface area contributed by atoms with Gasteiger partial charge in [0, 0.05) is 0 Å². The maximum atomic E-state index is 12.8. The summed E-state index contributed by atoms with van der Waals surface area (Å²) in [6.45, 7) is 4.79. The van der Waals surface area contributed by atoms with Gasteiger partial charge >= 0.3 is 6.18 Å². The maximum absolute atomic E-state index is 12.8. The van der Waals surface area contributed by atoms with E-state index in [1.54, 1.807) is 32.0 Å². The Morgan fingerprint density at radius 1 is 0.885 bits per heavy atom. The molecule has 0 saturated carbocycles. The highest BCUT2D eigenvalue weighted by Gasteiger charge is 2.32. The fraction of sp³-hybridized carbons (Fsp3) is 0.400. The van der Waals surface area contributed by atoms with Crippen LogP contribution in [0.5, 0.6) is 0 Å². The van der Waals surface area contributed by atoms with Gasteiger partial charge in [-0.15, -0.1) is 0 Å². The Hall–Kier alpha value is -1.82. The van der Waals surface area contributed by atoms with Crippen molar-refractivity contribution in [1.82, 2.24) is 0 Å². The highest BCUT2D eigenvalue weighted by atomic mass is 32.2. The second-order valence-electron chi connectivity index (χ2n) is 6.82. The van der Waals surface area contributed by atoms with E-state index in [-0.39, 0.29) is 11.3 Å². The standard InChI is InChI=1S/C20H23F3O2S/c1-14(2)26(24,25)13-18-8-5-16(6-9-18)4-7-17-10-11-19(15(3)12-17)20(21,22)23/h5-6,8-12,14H,4,7,13H2,1-3H3. The molecule has 6 heteroatoms. The van der Waals surface area contributed by atoms with Gasteiger partial charge in [0.05, 0.1) is 16.6 Å². The van der Waals surface area contributed by atoms with E-state index in [4.69, 9.17) is 0 Å². The van der Waals surface area contributed by atoms with Crippen LogP contribution >= 0.6 is 0 Å². The molecule has 2 aromatic rings. The minimum Gasteiger partial charge on any atom is -0.228 e. The summed E-state index contributed by atoms with van der Waals surface area (Å²) in [4.78, 5) is 0. The molecule has 0 aliphatic rings. The van der Waals surface area contributed by atoms with Crippen molar-refractivity contribution in [2.24, 2.45) is 0 Å². The first-order valence-corrected chi connectivity index (χ1v) is 10.2. The van der Waals surface area contributed by atoms with Gasteiger partial charge in [-0.25, -0.2) is 8.42 Å². The quantitative estimate of drug-likeness (QED) is 0.693. The van der Waals surface area contributed by atoms with Crippen molar-refractivity contribution < 1.29 is 21.6 Å². The Morgan fingerprint density at radius 3 is 1.88 bits per heavy atom. The predicted octanol–water partition coefficient (Wildman–Crippen LogP) is 5.12. The van der Waals surface area contributed by atoms with Crippen molar-refractivity contribution in [2.45, 2.75) is 50.8 Å². The number of aryl methyl sites for hydroxylation is 3. The second kappa shape index (κ2) is 7.82. The largest absolute Gasteiger partial charge is 0.416 e. The van der Waals surface area contributed by atoms with Gasteiger partial charge in [0.1, 0.15) is 0 Å². The number of sulfone groups is 1. The van der Waals surface area contributed by atoms with E-state index in [1.165, 1.54) is 13.0 Å². The fourth-order valence-electron chi connectivity index (χ4n) is 2.69. The summed E-state index contributed by atoms with van der Waals surface area (Å²) in [6.07, 6.45) is -3.01. The lowest BCUT2D eigenvalue weighted by atomic mass is 9.99. The Morgan fingerprint density at radius 2 is 1.38 bits per heavy atom. The number of halogens is 3. The third kappa shape index (κ3) is 5.34. The number of benzene rings is 2. The molecule has 2 aromatic carbocycles. The average molecular weight is 384 g/mol. The Labute approximate surface area is 153 Å². The van der Waals surface area contributed by atoms with Crippen molar-refractivity contribution in [2.75, 3.05) is 0 Å². The summed E-state index contributed by atoms with van der Waals surface area (Å²) < 4.78 is 62.3. The number of hydrogen-bond acceptors (Lipinski definition) is 2. The molecule has 0 amide bonds. The zero-order valence-corrected chi connectivity index (χ0v) is 15.9. The van der Waals surface area contributed by atoms with Crippen molar-refractivity contribution in [3.8, 4) is 0 Å². The van der Waals surface area contributed by atoms with Crippen LogP contribution in [0.1, 0.15) is 41.7 Å². The van der Waals surface area contributed by atoms with Crippen LogP contribution < -0.4 is 0 Å². The molecule has 0 bridgehead atoms. The molecule has 0 unspecified atom stereocenters. The van der Waals surface area contributed by atoms with Gasteiger partial charge in [-0.1, -0.05) is 36.4 Å². The van der Waals surface area contributed by atoms with E-state index in [0.29, 0.717) is 12.8 Å². The first-order chi connectivity index (χ1) is 12.0. The van der Waals surface area contributed by atoms with E-state index in [9.17, 15) is 21.6 Å². The van der Waals surface area contributed by atoms with Gasteiger partial charge in [-0.2, -0.15) is 13.2 Å². The smallest absolute Gasteiger partial charge is 0.228 e. The molecule has 0 radical (unpaired) electrons. The lowest BCUT2D eigenvalue weighted by Gasteiger charge is -2.12. The molecule has 0 aliphatic carbocycles. The maximum Gasteiger partial charge on any atom is 0.416 e. The molecule has 0 saturated heterocycles. The van der Waals surface area contributed by atoms with Crippen LogP contribution in [0.25, 0.3) is 0 Å². The van der Waals surface area contributed by atoms with E-state index in [2.05, 4.69) is 0 Å². The predicted molar refractivity (Wildman–Crippen MR) is 97.8 cm³/mol. The van der Waals surface area contributed by atoms with E-state index >= 15 is 0 Å². The molecule has 2 nitrogen and oxygen atoms in total. The second-order valence-corrected chi connectivity index (χ2v) is 9.38. The first-order valence-electron chi connectivity index (χ1n) is 8.45. The van der Waals surface area contributed by atoms with E-state index in [1.807, 2.05) is 12.1 Å². The number of rotatable bonds is 6. The number of alkyl halides is 3. The zero-order chi connectivity index (χ0) is 19.5. The monoisotopic (exact) mass is 384 g/mol. The van der Waals surface area contributed by atoms with Gasteiger partial charge in [-0.3, -0.25) is 0 Å². The van der Waals surface area contributed by atoms with Crippen molar-refractivity contribution in [1.29, 1.82) is 0 Å². The Kier molecular flexibility index (Phi) is 6.17. The van der Waals surface area contributed by atoms with Crippen LogP contribution in [0.2, 0.25) is 0 Å². The minimum atomic E-state index is -4.32. The topological polar surface area (TPSA) is 34.1 Å². The molecule has 26 heavy (non-hydrogen) atoms. The molecular weight excluding hydrogens is 361 g/mol. The van der Waals surface area contributed by atoms with E-state index < -0.39 is 26.8 Å². The highest BCUT2D eigenvalue weighted by molar-refractivity contribution is 7.91. The molecule has 0 aromatic heterocycles. The molecule has 142 valence electrons. The van der Waals surface area contributed by atoms with Gasteiger partial charge < -0.3 is 0 Å². The summed E-state index contributed by atoms with van der Waals surface area (Å²) in [5.74, 6) is 0.0169. The lowest BCUT2D eigenvalue weighted by molar-refractivity contribution is -0.138. The van der Waals surface area contributed by atoms with Gasteiger partial charge in [0.15, 0.2) is 9.84 Å². The zero-order valence-electron chi connectivity index (χ0n) is 15.1.